The van der Waals surface area contributed by atoms with E-state index in [9.17, 15) is 9.59 Å². The van der Waals surface area contributed by atoms with Gasteiger partial charge in [-0.15, -0.1) is 0 Å². The zero-order valence-corrected chi connectivity index (χ0v) is 44.1. The summed E-state index contributed by atoms with van der Waals surface area (Å²) in [4.78, 5) is 25.5. The summed E-state index contributed by atoms with van der Waals surface area (Å²) >= 11 is 0. The number of unbranched alkanes of at least 4 members (excludes halogenated alkanes) is 16. The highest BCUT2D eigenvalue weighted by Gasteiger charge is 2.17. The SMILES string of the molecule is CC/C=C\C/C=C\C/C=C\C/C=C\C/C=C\CCCCCC(=O)OCC(COCCCCC/C=C\C/C=C\C/C=C\C/C=C\CC)OC(=O)CCCCCCCCC/C=C\C/C=C\CCCCC. The van der Waals surface area contributed by atoms with E-state index in [-0.39, 0.29) is 25.2 Å². The first-order valence-corrected chi connectivity index (χ1v) is 27.7. The van der Waals surface area contributed by atoms with Crippen molar-refractivity contribution in [2.45, 2.75) is 232 Å². The van der Waals surface area contributed by atoms with Crippen LogP contribution in [0.25, 0.3) is 0 Å². The van der Waals surface area contributed by atoms with Crippen molar-refractivity contribution in [1.82, 2.24) is 0 Å². The third-order valence-corrected chi connectivity index (χ3v) is 11.2. The lowest BCUT2D eigenvalue weighted by atomic mass is 10.1. The van der Waals surface area contributed by atoms with Gasteiger partial charge in [0, 0.05) is 19.4 Å². The summed E-state index contributed by atoms with van der Waals surface area (Å²) in [5, 5.41) is 0. The molecule has 0 aliphatic rings. The first-order chi connectivity index (χ1) is 33.6. The molecule has 384 valence electrons. The molecule has 68 heavy (non-hydrogen) atoms. The second-order valence-electron chi connectivity index (χ2n) is 17.7. The average molecular weight is 940 g/mol. The number of esters is 2. The molecule has 0 aliphatic heterocycles. The lowest BCUT2D eigenvalue weighted by molar-refractivity contribution is -0.163. The number of hydrogen-bond donors (Lipinski definition) is 0. The highest BCUT2D eigenvalue weighted by atomic mass is 16.6. The lowest BCUT2D eigenvalue weighted by Crippen LogP contribution is -2.30. The molecule has 0 heterocycles. The molecule has 0 fully saturated rings. The van der Waals surface area contributed by atoms with E-state index in [0.717, 1.165) is 141 Å². The van der Waals surface area contributed by atoms with Crippen LogP contribution in [0.1, 0.15) is 226 Å². The van der Waals surface area contributed by atoms with Crippen molar-refractivity contribution in [3.63, 3.8) is 0 Å². The zero-order valence-electron chi connectivity index (χ0n) is 44.1. The molecule has 0 N–H and O–H groups in total. The van der Waals surface area contributed by atoms with Crippen LogP contribution in [-0.2, 0) is 23.8 Å². The van der Waals surface area contributed by atoms with Crippen LogP contribution < -0.4 is 0 Å². The van der Waals surface area contributed by atoms with Crippen molar-refractivity contribution >= 4 is 11.9 Å². The van der Waals surface area contributed by atoms with Gasteiger partial charge in [-0.05, 0) is 135 Å². The summed E-state index contributed by atoms with van der Waals surface area (Å²) in [6, 6.07) is 0. The predicted molar refractivity (Wildman–Crippen MR) is 297 cm³/mol. The van der Waals surface area contributed by atoms with E-state index in [2.05, 4.69) is 154 Å². The molecule has 0 aromatic heterocycles. The number of ether oxygens (including phenoxy) is 3. The van der Waals surface area contributed by atoms with E-state index in [0.29, 0.717) is 19.4 Å². The topological polar surface area (TPSA) is 61.8 Å². The molecule has 5 nitrogen and oxygen atoms in total. The van der Waals surface area contributed by atoms with Crippen molar-refractivity contribution in [2.24, 2.45) is 0 Å². The molecule has 0 aromatic carbocycles. The predicted octanol–water partition coefficient (Wildman–Crippen LogP) is 19.1. The normalized spacial score (nSPS) is 13.3. The van der Waals surface area contributed by atoms with Gasteiger partial charge in [-0.3, -0.25) is 9.59 Å². The largest absolute Gasteiger partial charge is 0.462 e. The number of rotatable bonds is 49. The van der Waals surface area contributed by atoms with Gasteiger partial charge in [-0.25, -0.2) is 0 Å². The Morgan fingerprint density at radius 1 is 0.338 bits per heavy atom. The maximum atomic E-state index is 12.9. The van der Waals surface area contributed by atoms with Crippen LogP contribution in [0.4, 0.5) is 0 Å². The molecule has 0 saturated carbocycles. The Labute approximate surface area is 419 Å². The van der Waals surface area contributed by atoms with Crippen LogP contribution in [0.5, 0.6) is 0 Å². The van der Waals surface area contributed by atoms with Crippen molar-refractivity contribution in [3.8, 4) is 0 Å². The summed E-state index contributed by atoms with van der Waals surface area (Å²) in [6.07, 6.45) is 81.8. The maximum Gasteiger partial charge on any atom is 0.306 e. The van der Waals surface area contributed by atoms with Crippen LogP contribution >= 0.6 is 0 Å². The first-order valence-electron chi connectivity index (χ1n) is 27.7. The smallest absolute Gasteiger partial charge is 0.306 e. The zero-order chi connectivity index (χ0) is 49.2. The van der Waals surface area contributed by atoms with Gasteiger partial charge in [0.15, 0.2) is 6.10 Å². The molecular formula is C63H102O5. The number of carbonyl (C=O) groups is 2. The fourth-order valence-corrected chi connectivity index (χ4v) is 7.09. The monoisotopic (exact) mass is 939 g/mol. The molecule has 5 heteroatoms. The standard InChI is InChI=1S/C63H102O5/c1-4-7-10-13-16-19-22-25-28-31-32-34-35-38-41-44-47-50-53-56-62(64)67-60-61(59-66-58-55-52-49-46-43-40-37-30-27-24-21-18-15-12-9-6-3)68-63(65)57-54-51-48-45-42-39-36-33-29-26-23-20-17-14-11-8-5-2/h7,9-10,12,16-21,25-30,32,34,38,40-41,43,61H,4-6,8,11,13-15,22-24,31,33,35-37,39,42,44-60H2,1-3H3/b10-7-,12-9-,19-16-,20-17-,21-18-,28-25-,29-26-,30-27-,34-32-,41-38-,43-40-. The van der Waals surface area contributed by atoms with E-state index in [1.54, 1.807) is 0 Å². The molecule has 1 unspecified atom stereocenters. The minimum atomic E-state index is -0.581. The molecule has 1 atom stereocenters. The van der Waals surface area contributed by atoms with Crippen molar-refractivity contribution in [3.05, 3.63) is 134 Å². The summed E-state index contributed by atoms with van der Waals surface area (Å²) < 4.78 is 17.4. The Morgan fingerprint density at radius 3 is 1.07 bits per heavy atom. The minimum Gasteiger partial charge on any atom is -0.462 e. The minimum absolute atomic E-state index is 0.0430. The van der Waals surface area contributed by atoms with Gasteiger partial charge >= 0.3 is 11.9 Å². The van der Waals surface area contributed by atoms with E-state index >= 15 is 0 Å². The molecule has 0 radical (unpaired) electrons. The van der Waals surface area contributed by atoms with Crippen LogP contribution in [-0.4, -0.2) is 37.9 Å². The Balaban J connectivity index is 4.44. The number of allylic oxidation sites excluding steroid dienone is 22. The Morgan fingerprint density at radius 2 is 0.662 bits per heavy atom. The lowest BCUT2D eigenvalue weighted by Gasteiger charge is -2.18. The van der Waals surface area contributed by atoms with Gasteiger partial charge in [0.05, 0.1) is 6.61 Å². The third-order valence-electron chi connectivity index (χ3n) is 11.2. The van der Waals surface area contributed by atoms with Crippen molar-refractivity contribution in [1.29, 1.82) is 0 Å². The van der Waals surface area contributed by atoms with Gasteiger partial charge < -0.3 is 14.2 Å². The Kier molecular flexibility index (Phi) is 54.0. The number of carbonyl (C=O) groups excluding carboxylic acids is 2. The fraction of sp³-hybridized carbons (Fsp3) is 0.619. The van der Waals surface area contributed by atoms with E-state index in [4.69, 9.17) is 14.2 Å². The number of hydrogen-bond acceptors (Lipinski definition) is 5. The highest BCUT2D eigenvalue weighted by Crippen LogP contribution is 2.13. The molecule has 0 aliphatic carbocycles. The van der Waals surface area contributed by atoms with Crippen LogP contribution in [0.15, 0.2) is 134 Å². The summed E-state index contributed by atoms with van der Waals surface area (Å²) in [7, 11) is 0. The van der Waals surface area contributed by atoms with Gasteiger partial charge in [0.2, 0.25) is 0 Å². The van der Waals surface area contributed by atoms with Crippen LogP contribution in [0, 0.1) is 0 Å². The van der Waals surface area contributed by atoms with Gasteiger partial charge in [-0.2, -0.15) is 0 Å². The highest BCUT2D eigenvalue weighted by molar-refractivity contribution is 5.70. The maximum absolute atomic E-state index is 12.9. The van der Waals surface area contributed by atoms with Gasteiger partial charge in [-0.1, -0.05) is 212 Å². The van der Waals surface area contributed by atoms with E-state index < -0.39 is 6.10 Å². The molecule has 0 aromatic rings. The average Bonchev–Trinajstić information content (AvgIpc) is 3.34. The summed E-state index contributed by atoms with van der Waals surface area (Å²) in [6.45, 7) is 7.45. The van der Waals surface area contributed by atoms with Crippen LogP contribution in [0.3, 0.4) is 0 Å². The molecule has 0 bridgehead atoms. The summed E-state index contributed by atoms with van der Waals surface area (Å²) in [5.41, 5.74) is 0. The quantitative estimate of drug-likeness (QED) is 0.0345. The van der Waals surface area contributed by atoms with Crippen molar-refractivity contribution < 1.29 is 23.8 Å². The van der Waals surface area contributed by atoms with E-state index in [1.165, 1.54) is 51.4 Å². The third kappa shape index (κ3) is 54.6. The molecule has 0 amide bonds. The van der Waals surface area contributed by atoms with Gasteiger partial charge in [0.1, 0.15) is 6.61 Å². The first kappa shape index (κ1) is 64.0. The van der Waals surface area contributed by atoms with E-state index in [1.807, 2.05) is 0 Å². The van der Waals surface area contributed by atoms with Crippen molar-refractivity contribution in [2.75, 3.05) is 19.8 Å². The second-order valence-corrected chi connectivity index (χ2v) is 17.7. The second kappa shape index (κ2) is 57.4. The fourth-order valence-electron chi connectivity index (χ4n) is 7.09. The molecule has 0 rings (SSSR count). The molecular weight excluding hydrogens is 837 g/mol. The van der Waals surface area contributed by atoms with Gasteiger partial charge in [0.25, 0.3) is 0 Å². The molecule has 0 saturated heterocycles. The Bertz CT molecular complexity index is 1430. The summed E-state index contributed by atoms with van der Waals surface area (Å²) in [5.74, 6) is -0.469. The Hall–Kier alpha value is -3.96. The molecule has 0 spiro atoms. The van der Waals surface area contributed by atoms with Crippen LogP contribution in [0.2, 0.25) is 0 Å².